The van der Waals surface area contributed by atoms with Gasteiger partial charge < -0.3 is 9.33 Å². The molecule has 0 unspecified atom stereocenters. The van der Waals surface area contributed by atoms with E-state index >= 15 is 0 Å². The van der Waals surface area contributed by atoms with Crippen LogP contribution in [0.1, 0.15) is 6.42 Å². The van der Waals surface area contributed by atoms with E-state index in [0.29, 0.717) is 0 Å². The summed E-state index contributed by atoms with van der Waals surface area (Å²) in [7, 11) is 2.52. The zero-order valence-corrected chi connectivity index (χ0v) is 11.9. The average molecular weight is 237 g/mol. The molecule has 0 saturated heterocycles. The minimum Gasteiger partial charge on any atom is -0.413 e. The summed E-state index contributed by atoms with van der Waals surface area (Å²) in [4.78, 5) is 2.19. The quantitative estimate of drug-likeness (QED) is 0.555. The highest BCUT2D eigenvalue weighted by atomic mass is 28.4. The van der Waals surface area contributed by atoms with Gasteiger partial charge in [0.15, 0.2) is 0 Å². The second-order valence-electron chi connectivity index (χ2n) is 4.88. The van der Waals surface area contributed by atoms with E-state index in [-0.39, 0.29) is 0 Å². The van der Waals surface area contributed by atoms with Gasteiger partial charge in [0.2, 0.25) is 8.32 Å². The number of hydrogen-bond donors (Lipinski definition) is 0. The standard InChI is InChI=1S/C13H23NOSi/c1-14(2)11-8-12-15-16(3,4)13-9-6-5-7-10-13/h5-7,9-10H,8,11-12H2,1-4H3. The van der Waals surface area contributed by atoms with Crippen molar-refractivity contribution in [2.45, 2.75) is 19.5 Å². The van der Waals surface area contributed by atoms with Crippen molar-refractivity contribution in [3.05, 3.63) is 30.3 Å². The number of benzene rings is 1. The zero-order valence-electron chi connectivity index (χ0n) is 10.9. The fraction of sp³-hybridized carbons (Fsp3) is 0.538. The molecule has 0 bridgehead atoms. The van der Waals surface area contributed by atoms with Crippen LogP contribution in [0.15, 0.2) is 30.3 Å². The zero-order chi connectivity index (χ0) is 12.0. The Bertz CT molecular complexity index is 298. The van der Waals surface area contributed by atoms with Gasteiger partial charge in [-0.15, -0.1) is 0 Å². The van der Waals surface area contributed by atoms with Crippen molar-refractivity contribution < 1.29 is 4.43 Å². The van der Waals surface area contributed by atoms with Crippen molar-refractivity contribution in [3.63, 3.8) is 0 Å². The summed E-state index contributed by atoms with van der Waals surface area (Å²) in [5.41, 5.74) is 0. The maximum absolute atomic E-state index is 6.08. The lowest BCUT2D eigenvalue weighted by Gasteiger charge is -2.23. The van der Waals surface area contributed by atoms with Gasteiger partial charge in [0.25, 0.3) is 0 Å². The molecule has 90 valence electrons. The highest BCUT2D eigenvalue weighted by Gasteiger charge is 2.24. The van der Waals surface area contributed by atoms with Gasteiger partial charge in [0.1, 0.15) is 0 Å². The van der Waals surface area contributed by atoms with E-state index in [1.807, 2.05) is 0 Å². The predicted molar refractivity (Wildman–Crippen MR) is 72.7 cm³/mol. The maximum atomic E-state index is 6.08. The highest BCUT2D eigenvalue weighted by Crippen LogP contribution is 2.05. The molecule has 0 fully saturated rings. The van der Waals surface area contributed by atoms with Crippen LogP contribution in [-0.2, 0) is 4.43 Å². The molecule has 0 aliphatic carbocycles. The molecule has 1 aromatic rings. The van der Waals surface area contributed by atoms with Gasteiger partial charge in [-0.25, -0.2) is 0 Å². The van der Waals surface area contributed by atoms with E-state index in [2.05, 4.69) is 62.4 Å². The van der Waals surface area contributed by atoms with Gasteiger partial charge in [-0.05, 0) is 45.3 Å². The van der Waals surface area contributed by atoms with E-state index in [1.54, 1.807) is 0 Å². The molecular weight excluding hydrogens is 214 g/mol. The number of hydrogen-bond acceptors (Lipinski definition) is 2. The molecule has 0 saturated carbocycles. The van der Waals surface area contributed by atoms with Crippen LogP contribution < -0.4 is 5.19 Å². The SMILES string of the molecule is CN(C)CCCO[Si](C)(C)c1ccccc1. The summed E-state index contributed by atoms with van der Waals surface area (Å²) in [5.74, 6) is 0. The van der Waals surface area contributed by atoms with Crippen LogP contribution in [0.4, 0.5) is 0 Å². The largest absolute Gasteiger partial charge is 0.413 e. The monoisotopic (exact) mass is 237 g/mol. The highest BCUT2D eigenvalue weighted by molar-refractivity contribution is 6.84. The Morgan fingerprint density at radius 1 is 1.12 bits per heavy atom. The summed E-state index contributed by atoms with van der Waals surface area (Å²) in [6.07, 6.45) is 1.11. The first kappa shape index (κ1) is 13.4. The minimum atomic E-state index is -1.67. The molecule has 3 heteroatoms. The third-order valence-corrected chi connectivity index (χ3v) is 5.33. The molecule has 0 aliphatic heterocycles. The molecule has 0 heterocycles. The van der Waals surface area contributed by atoms with Crippen molar-refractivity contribution >= 4 is 13.5 Å². The normalized spacial score (nSPS) is 12.1. The Kier molecular flexibility index (Phi) is 5.18. The lowest BCUT2D eigenvalue weighted by Crippen LogP contribution is -2.45. The van der Waals surface area contributed by atoms with Gasteiger partial charge in [-0.2, -0.15) is 0 Å². The summed E-state index contributed by atoms with van der Waals surface area (Å²) < 4.78 is 6.08. The Morgan fingerprint density at radius 3 is 2.31 bits per heavy atom. The summed E-state index contributed by atoms with van der Waals surface area (Å²) in [5, 5.41) is 1.37. The molecule has 1 aromatic carbocycles. The van der Waals surface area contributed by atoms with Crippen LogP contribution in [0.25, 0.3) is 0 Å². The van der Waals surface area contributed by atoms with E-state index in [0.717, 1.165) is 19.6 Å². The van der Waals surface area contributed by atoms with Gasteiger partial charge in [0.05, 0.1) is 0 Å². The Labute approximate surface area is 100 Å². The fourth-order valence-corrected chi connectivity index (χ4v) is 3.45. The predicted octanol–water partition coefficient (Wildman–Crippen LogP) is 2.07. The molecule has 16 heavy (non-hydrogen) atoms. The van der Waals surface area contributed by atoms with Gasteiger partial charge >= 0.3 is 0 Å². The average Bonchev–Trinajstić information content (AvgIpc) is 2.26. The molecule has 0 amide bonds. The van der Waals surface area contributed by atoms with E-state index in [1.165, 1.54) is 5.19 Å². The first-order chi connectivity index (χ1) is 7.52. The summed E-state index contributed by atoms with van der Waals surface area (Å²) >= 11 is 0. The summed E-state index contributed by atoms with van der Waals surface area (Å²) in [6.45, 7) is 6.49. The molecule has 0 spiro atoms. The van der Waals surface area contributed by atoms with Crippen molar-refractivity contribution in [2.24, 2.45) is 0 Å². The van der Waals surface area contributed by atoms with Crippen LogP contribution in [0.5, 0.6) is 0 Å². The minimum absolute atomic E-state index is 0.867. The third-order valence-electron chi connectivity index (χ3n) is 2.68. The van der Waals surface area contributed by atoms with Gasteiger partial charge in [-0.1, -0.05) is 30.3 Å². The smallest absolute Gasteiger partial charge is 0.218 e. The maximum Gasteiger partial charge on any atom is 0.218 e. The molecule has 0 radical (unpaired) electrons. The first-order valence-corrected chi connectivity index (χ1v) is 8.77. The van der Waals surface area contributed by atoms with E-state index in [9.17, 15) is 0 Å². The Morgan fingerprint density at radius 2 is 1.75 bits per heavy atom. The second-order valence-corrected chi connectivity index (χ2v) is 8.77. The molecule has 0 aromatic heterocycles. The molecule has 0 N–H and O–H groups in total. The lowest BCUT2D eigenvalue weighted by atomic mass is 10.4. The Balaban J connectivity index is 2.40. The summed E-state index contributed by atoms with van der Waals surface area (Å²) in [6, 6.07) is 10.6. The van der Waals surface area contributed by atoms with Crippen LogP contribution >= 0.6 is 0 Å². The van der Waals surface area contributed by atoms with E-state index in [4.69, 9.17) is 4.43 Å². The fourth-order valence-electron chi connectivity index (χ4n) is 1.63. The van der Waals surface area contributed by atoms with Gasteiger partial charge in [0, 0.05) is 6.61 Å². The lowest BCUT2D eigenvalue weighted by molar-refractivity contribution is 0.279. The number of nitrogens with zero attached hydrogens (tertiary/aromatic N) is 1. The van der Waals surface area contributed by atoms with Crippen molar-refractivity contribution in [1.82, 2.24) is 4.90 Å². The Hall–Kier alpha value is -0.643. The van der Waals surface area contributed by atoms with Crippen molar-refractivity contribution in [3.8, 4) is 0 Å². The number of rotatable bonds is 6. The molecule has 0 atom stereocenters. The van der Waals surface area contributed by atoms with Crippen LogP contribution in [0.2, 0.25) is 13.1 Å². The molecule has 0 aliphatic rings. The van der Waals surface area contributed by atoms with Crippen molar-refractivity contribution in [2.75, 3.05) is 27.2 Å². The van der Waals surface area contributed by atoms with Gasteiger partial charge in [-0.3, -0.25) is 0 Å². The van der Waals surface area contributed by atoms with E-state index < -0.39 is 8.32 Å². The third kappa shape index (κ3) is 4.47. The van der Waals surface area contributed by atoms with Crippen LogP contribution in [-0.4, -0.2) is 40.5 Å². The van der Waals surface area contributed by atoms with Crippen LogP contribution in [0.3, 0.4) is 0 Å². The molecule has 2 nitrogen and oxygen atoms in total. The first-order valence-electron chi connectivity index (χ1n) is 5.86. The van der Waals surface area contributed by atoms with Crippen molar-refractivity contribution in [1.29, 1.82) is 0 Å². The molecule has 1 rings (SSSR count). The topological polar surface area (TPSA) is 12.5 Å². The second kappa shape index (κ2) is 6.18. The van der Waals surface area contributed by atoms with Crippen LogP contribution in [0, 0.1) is 0 Å². The molecular formula is C13H23NOSi.